The molecule has 0 unspecified atom stereocenters. The van der Waals surface area contributed by atoms with E-state index in [2.05, 4.69) is 21.2 Å². The molecule has 0 saturated carbocycles. The van der Waals surface area contributed by atoms with Crippen LogP contribution in [0.4, 0.5) is 5.69 Å². The van der Waals surface area contributed by atoms with Crippen LogP contribution in [-0.4, -0.2) is 13.0 Å². The van der Waals surface area contributed by atoms with Crippen molar-refractivity contribution < 1.29 is 13.9 Å². The van der Waals surface area contributed by atoms with Gasteiger partial charge in [-0.05, 0) is 70.5 Å². The summed E-state index contributed by atoms with van der Waals surface area (Å²) in [5.74, 6) is 1.20. The summed E-state index contributed by atoms with van der Waals surface area (Å²) >= 11 is 9.26. The summed E-state index contributed by atoms with van der Waals surface area (Å²) in [6.45, 7) is 0. The van der Waals surface area contributed by atoms with Crippen molar-refractivity contribution in [1.82, 2.24) is 0 Å². The molecule has 0 fully saturated rings. The predicted molar refractivity (Wildman–Crippen MR) is 97.8 cm³/mol. The van der Waals surface area contributed by atoms with Crippen molar-refractivity contribution in [3.63, 3.8) is 0 Å². The smallest absolute Gasteiger partial charge is 0.291 e. The third-order valence-corrected chi connectivity index (χ3v) is 4.24. The molecule has 0 radical (unpaired) electrons. The molecule has 0 aliphatic carbocycles. The van der Waals surface area contributed by atoms with Crippen LogP contribution in [0, 0.1) is 0 Å². The lowest BCUT2D eigenvalue weighted by Crippen LogP contribution is -2.10. The molecule has 3 aromatic rings. The summed E-state index contributed by atoms with van der Waals surface area (Å²) < 4.78 is 11.5. The Kier molecular flexibility index (Phi) is 4.92. The van der Waals surface area contributed by atoms with Gasteiger partial charge in [0.1, 0.15) is 11.5 Å². The first-order chi connectivity index (χ1) is 11.6. The van der Waals surface area contributed by atoms with Gasteiger partial charge >= 0.3 is 0 Å². The van der Waals surface area contributed by atoms with Crippen LogP contribution in [0.15, 0.2) is 63.5 Å². The van der Waals surface area contributed by atoms with Crippen LogP contribution in [0.2, 0.25) is 5.02 Å². The number of rotatable bonds is 4. The fraction of sp³-hybridized carbons (Fsp3) is 0.0556. The van der Waals surface area contributed by atoms with Gasteiger partial charge < -0.3 is 14.5 Å². The molecule has 4 nitrogen and oxygen atoms in total. The summed E-state index contributed by atoms with van der Waals surface area (Å²) in [5, 5.41) is 3.43. The molecule has 0 bridgehead atoms. The SMILES string of the molecule is COc1ccc(NC(=O)c2ccc(-c3ccc(Cl)cc3)o2)cc1Br. The Morgan fingerprint density at radius 1 is 1.12 bits per heavy atom. The fourth-order valence-electron chi connectivity index (χ4n) is 2.17. The minimum Gasteiger partial charge on any atom is -0.496 e. The standard InChI is InChI=1S/C18H13BrClNO3/c1-23-16-7-6-13(10-14(16)19)21-18(22)17-9-8-15(24-17)11-2-4-12(20)5-3-11/h2-10H,1H3,(H,21,22). The summed E-state index contributed by atoms with van der Waals surface area (Å²) in [7, 11) is 1.58. The van der Waals surface area contributed by atoms with Gasteiger partial charge in [-0.3, -0.25) is 4.79 Å². The van der Waals surface area contributed by atoms with E-state index in [1.807, 2.05) is 12.1 Å². The topological polar surface area (TPSA) is 51.5 Å². The molecule has 1 heterocycles. The van der Waals surface area contributed by atoms with Gasteiger partial charge in [0.25, 0.3) is 5.91 Å². The molecule has 0 aliphatic heterocycles. The Balaban J connectivity index is 1.76. The number of amides is 1. The fourth-order valence-corrected chi connectivity index (χ4v) is 2.83. The molecule has 6 heteroatoms. The number of carbonyl (C=O) groups excluding carboxylic acids is 1. The molecule has 3 rings (SSSR count). The molecule has 122 valence electrons. The number of nitrogens with one attached hydrogen (secondary N) is 1. The van der Waals surface area contributed by atoms with Gasteiger partial charge in [0, 0.05) is 16.3 Å². The zero-order chi connectivity index (χ0) is 17.1. The van der Waals surface area contributed by atoms with Gasteiger partial charge in [-0.25, -0.2) is 0 Å². The van der Waals surface area contributed by atoms with Crippen molar-refractivity contribution in [3.8, 4) is 17.1 Å². The van der Waals surface area contributed by atoms with Crippen LogP contribution >= 0.6 is 27.5 Å². The second-order valence-electron chi connectivity index (χ2n) is 4.97. The van der Waals surface area contributed by atoms with Gasteiger partial charge in [0.2, 0.25) is 0 Å². The number of methoxy groups -OCH3 is 1. The number of halogens is 2. The Morgan fingerprint density at radius 2 is 1.88 bits per heavy atom. The zero-order valence-electron chi connectivity index (χ0n) is 12.7. The highest BCUT2D eigenvalue weighted by atomic mass is 79.9. The van der Waals surface area contributed by atoms with Crippen molar-refractivity contribution in [2.45, 2.75) is 0 Å². The zero-order valence-corrected chi connectivity index (χ0v) is 15.0. The summed E-state index contributed by atoms with van der Waals surface area (Å²) in [6.07, 6.45) is 0. The molecule has 1 aromatic heterocycles. The number of benzene rings is 2. The number of carbonyl (C=O) groups is 1. The van der Waals surface area contributed by atoms with Gasteiger partial charge in [0.15, 0.2) is 5.76 Å². The molecule has 0 atom stereocenters. The summed E-state index contributed by atoms with van der Waals surface area (Å²) in [5.41, 5.74) is 1.49. The summed E-state index contributed by atoms with van der Waals surface area (Å²) in [4.78, 5) is 12.3. The Morgan fingerprint density at radius 3 is 2.54 bits per heavy atom. The molecular weight excluding hydrogens is 394 g/mol. The lowest BCUT2D eigenvalue weighted by molar-refractivity contribution is 0.0997. The first kappa shape index (κ1) is 16.6. The van der Waals surface area contributed by atoms with Gasteiger partial charge in [-0.1, -0.05) is 11.6 Å². The number of anilines is 1. The first-order valence-electron chi connectivity index (χ1n) is 7.07. The lowest BCUT2D eigenvalue weighted by Gasteiger charge is -2.07. The van der Waals surface area contributed by atoms with E-state index in [4.69, 9.17) is 20.8 Å². The molecule has 0 aliphatic rings. The highest BCUT2D eigenvalue weighted by Gasteiger charge is 2.13. The van der Waals surface area contributed by atoms with E-state index in [1.54, 1.807) is 49.6 Å². The first-order valence-corrected chi connectivity index (χ1v) is 8.24. The van der Waals surface area contributed by atoms with Crippen molar-refractivity contribution >= 4 is 39.1 Å². The molecular formula is C18H13BrClNO3. The van der Waals surface area contributed by atoms with Crippen molar-refractivity contribution in [1.29, 1.82) is 0 Å². The maximum Gasteiger partial charge on any atom is 0.291 e. The average molecular weight is 407 g/mol. The van der Waals surface area contributed by atoms with Crippen molar-refractivity contribution in [2.24, 2.45) is 0 Å². The minimum absolute atomic E-state index is 0.229. The van der Waals surface area contributed by atoms with Crippen LogP contribution in [0.25, 0.3) is 11.3 Å². The second kappa shape index (κ2) is 7.11. The molecule has 0 spiro atoms. The highest BCUT2D eigenvalue weighted by molar-refractivity contribution is 9.10. The Bertz CT molecular complexity index is 874. The van der Waals surface area contributed by atoms with E-state index < -0.39 is 0 Å². The molecule has 1 amide bonds. The average Bonchev–Trinajstić information content (AvgIpc) is 3.06. The third kappa shape index (κ3) is 3.63. The largest absolute Gasteiger partial charge is 0.496 e. The quantitative estimate of drug-likeness (QED) is 0.611. The maximum absolute atomic E-state index is 12.3. The lowest BCUT2D eigenvalue weighted by atomic mass is 10.2. The molecule has 1 N–H and O–H groups in total. The number of furan rings is 1. The number of hydrogen-bond donors (Lipinski definition) is 1. The second-order valence-corrected chi connectivity index (χ2v) is 6.27. The predicted octanol–water partition coefficient (Wildman–Crippen LogP) is 5.62. The normalized spacial score (nSPS) is 10.5. The van der Waals surface area contributed by atoms with Crippen LogP contribution in [0.3, 0.4) is 0 Å². The van der Waals surface area contributed by atoms with Crippen LogP contribution in [0.5, 0.6) is 5.75 Å². The van der Waals surface area contributed by atoms with Crippen LogP contribution in [0.1, 0.15) is 10.6 Å². The molecule has 24 heavy (non-hydrogen) atoms. The van der Waals surface area contributed by atoms with Crippen LogP contribution in [-0.2, 0) is 0 Å². The number of hydrogen-bond acceptors (Lipinski definition) is 3. The Hall–Kier alpha value is -2.24. The molecule has 2 aromatic carbocycles. The maximum atomic E-state index is 12.3. The van der Waals surface area contributed by atoms with Gasteiger partial charge in [-0.15, -0.1) is 0 Å². The third-order valence-electron chi connectivity index (χ3n) is 3.37. The van der Waals surface area contributed by atoms with E-state index in [9.17, 15) is 4.79 Å². The van der Waals surface area contributed by atoms with Gasteiger partial charge in [-0.2, -0.15) is 0 Å². The van der Waals surface area contributed by atoms with E-state index >= 15 is 0 Å². The monoisotopic (exact) mass is 405 g/mol. The van der Waals surface area contributed by atoms with E-state index in [1.165, 1.54) is 0 Å². The van der Waals surface area contributed by atoms with Crippen LogP contribution < -0.4 is 10.1 Å². The van der Waals surface area contributed by atoms with E-state index in [0.29, 0.717) is 22.2 Å². The molecule has 0 saturated heterocycles. The van der Waals surface area contributed by atoms with Crippen molar-refractivity contribution in [2.75, 3.05) is 12.4 Å². The number of ether oxygens (including phenoxy) is 1. The minimum atomic E-state index is -0.327. The van der Waals surface area contributed by atoms with E-state index in [-0.39, 0.29) is 11.7 Å². The Labute approximate surface area is 152 Å². The highest BCUT2D eigenvalue weighted by Crippen LogP contribution is 2.28. The van der Waals surface area contributed by atoms with Crippen molar-refractivity contribution in [3.05, 3.63) is 69.9 Å². The summed E-state index contributed by atoms with van der Waals surface area (Å²) in [6, 6.07) is 15.9. The van der Waals surface area contributed by atoms with Gasteiger partial charge in [0.05, 0.1) is 11.6 Å². The van der Waals surface area contributed by atoms with E-state index in [0.717, 1.165) is 10.0 Å².